The predicted octanol–water partition coefficient (Wildman–Crippen LogP) is 1.88. The van der Waals surface area contributed by atoms with Gasteiger partial charge in [0.1, 0.15) is 11.8 Å². The number of aromatic nitrogens is 1. The van der Waals surface area contributed by atoms with Gasteiger partial charge in [0, 0.05) is 18.3 Å². The molecule has 5 nitrogen and oxygen atoms in total. The smallest absolute Gasteiger partial charge is 0.337 e. The summed E-state index contributed by atoms with van der Waals surface area (Å²) in [7, 11) is 1.32. The van der Waals surface area contributed by atoms with E-state index in [1.165, 1.54) is 7.11 Å². The van der Waals surface area contributed by atoms with Gasteiger partial charge in [0.15, 0.2) is 0 Å². The minimum Gasteiger partial charge on any atom is -0.466 e. The zero-order valence-corrected chi connectivity index (χ0v) is 11.9. The summed E-state index contributed by atoms with van der Waals surface area (Å²) < 4.78 is 4.82. The highest BCUT2D eigenvalue weighted by Crippen LogP contribution is 2.38. The number of ether oxygens (including phenoxy) is 1. The van der Waals surface area contributed by atoms with Gasteiger partial charge in [-0.1, -0.05) is 6.07 Å². The van der Waals surface area contributed by atoms with Crippen LogP contribution < -0.4 is 5.32 Å². The molecule has 0 aliphatic carbocycles. The fourth-order valence-electron chi connectivity index (χ4n) is 2.19. The second-order valence-corrected chi connectivity index (χ2v) is 4.72. The van der Waals surface area contributed by atoms with Crippen LogP contribution in [0.1, 0.15) is 18.4 Å². The largest absolute Gasteiger partial charge is 0.466 e. The fraction of sp³-hybridized carbons (Fsp3) is 0.214. The number of rotatable bonds is 2. The number of hydrogen-bond acceptors (Lipinski definition) is 6. The van der Waals surface area contributed by atoms with Gasteiger partial charge in [0.25, 0.3) is 0 Å². The standard InChI is InChI=1S/C14H13N3O2S/c1-8-10(6-15)17-13(20)12(14(18)19-2)11(8)9-4-3-5-16-7-9/h3-5,7,11,17,20H,1-2H3. The first-order valence-corrected chi connectivity index (χ1v) is 6.34. The molecule has 20 heavy (non-hydrogen) atoms. The van der Waals surface area contributed by atoms with Crippen molar-refractivity contribution in [1.82, 2.24) is 10.3 Å². The van der Waals surface area contributed by atoms with Crippen molar-refractivity contribution in [2.45, 2.75) is 12.8 Å². The SMILES string of the molecule is COC(=O)C1=C(S)NC(C#N)=C(C)C1c1cccnc1. The van der Waals surface area contributed by atoms with Crippen LogP contribution in [0, 0.1) is 11.3 Å². The minimum absolute atomic E-state index is 0.327. The summed E-state index contributed by atoms with van der Waals surface area (Å²) in [6, 6.07) is 5.71. The number of nitriles is 1. The Morgan fingerprint density at radius 1 is 1.60 bits per heavy atom. The van der Waals surface area contributed by atoms with E-state index in [9.17, 15) is 4.79 Å². The van der Waals surface area contributed by atoms with E-state index >= 15 is 0 Å². The summed E-state index contributed by atoms with van der Waals surface area (Å²) in [6.07, 6.45) is 3.32. The number of nitrogens with one attached hydrogen (secondary N) is 1. The van der Waals surface area contributed by atoms with Crippen LogP contribution >= 0.6 is 12.6 Å². The Bertz CT molecular complexity index is 644. The first-order valence-electron chi connectivity index (χ1n) is 5.89. The van der Waals surface area contributed by atoms with Gasteiger partial charge in [-0.25, -0.2) is 4.79 Å². The summed E-state index contributed by atoms with van der Waals surface area (Å²) in [4.78, 5) is 16.1. The van der Waals surface area contributed by atoms with Gasteiger partial charge in [0.05, 0.1) is 17.7 Å². The average molecular weight is 287 g/mol. The number of carbonyl (C=O) groups excluding carboxylic acids is 1. The number of nitrogens with zero attached hydrogens (tertiary/aromatic N) is 2. The van der Waals surface area contributed by atoms with Crippen molar-refractivity contribution in [3.63, 3.8) is 0 Å². The molecular formula is C14H13N3O2S. The Kier molecular flexibility index (Phi) is 4.11. The number of allylic oxidation sites excluding steroid dienone is 2. The van der Waals surface area contributed by atoms with Gasteiger partial charge in [-0.3, -0.25) is 4.98 Å². The summed E-state index contributed by atoms with van der Waals surface area (Å²) in [5.74, 6) is -0.868. The number of thiol groups is 1. The number of dihydropyridines is 1. The minimum atomic E-state index is -0.479. The third-order valence-electron chi connectivity index (χ3n) is 3.15. The molecule has 0 saturated heterocycles. The lowest BCUT2D eigenvalue weighted by molar-refractivity contribution is -0.136. The quantitative estimate of drug-likeness (QED) is 0.641. The molecule has 1 unspecified atom stereocenters. The van der Waals surface area contributed by atoms with Crippen molar-refractivity contribution >= 4 is 18.6 Å². The van der Waals surface area contributed by atoms with E-state index < -0.39 is 5.97 Å². The molecule has 1 aromatic rings. The maximum Gasteiger partial charge on any atom is 0.337 e. The maximum absolute atomic E-state index is 12.0. The van der Waals surface area contributed by atoms with Gasteiger partial charge >= 0.3 is 5.97 Å². The van der Waals surface area contributed by atoms with E-state index in [0.717, 1.165) is 11.1 Å². The molecule has 102 valence electrons. The molecular weight excluding hydrogens is 274 g/mol. The number of esters is 1. The molecule has 0 radical (unpaired) electrons. The highest BCUT2D eigenvalue weighted by atomic mass is 32.1. The first kappa shape index (κ1) is 14.2. The lowest BCUT2D eigenvalue weighted by Gasteiger charge is -2.27. The van der Waals surface area contributed by atoms with Gasteiger partial charge in [-0.2, -0.15) is 5.26 Å². The van der Waals surface area contributed by atoms with E-state index in [-0.39, 0.29) is 5.92 Å². The highest BCUT2D eigenvalue weighted by Gasteiger charge is 2.33. The van der Waals surface area contributed by atoms with E-state index in [0.29, 0.717) is 16.3 Å². The Labute approximate surface area is 122 Å². The fourth-order valence-corrected chi connectivity index (χ4v) is 2.52. The number of pyridine rings is 1. The van der Waals surface area contributed by atoms with Gasteiger partial charge in [-0.05, 0) is 24.1 Å². The van der Waals surface area contributed by atoms with Crippen molar-refractivity contribution in [2.24, 2.45) is 0 Å². The zero-order chi connectivity index (χ0) is 14.7. The zero-order valence-electron chi connectivity index (χ0n) is 11.0. The van der Waals surface area contributed by atoms with Crippen LogP contribution in [0.2, 0.25) is 0 Å². The van der Waals surface area contributed by atoms with Crippen molar-refractivity contribution < 1.29 is 9.53 Å². The molecule has 1 N–H and O–H groups in total. The molecule has 6 heteroatoms. The van der Waals surface area contributed by atoms with Crippen LogP contribution in [-0.4, -0.2) is 18.1 Å². The Morgan fingerprint density at radius 2 is 2.35 bits per heavy atom. The van der Waals surface area contributed by atoms with Gasteiger partial charge in [-0.15, -0.1) is 12.6 Å². The van der Waals surface area contributed by atoms with Gasteiger partial charge < -0.3 is 10.1 Å². The number of methoxy groups -OCH3 is 1. The lowest BCUT2D eigenvalue weighted by Crippen LogP contribution is -2.27. The van der Waals surface area contributed by atoms with Crippen LogP contribution in [0.4, 0.5) is 0 Å². The molecule has 0 amide bonds. The van der Waals surface area contributed by atoms with Crippen molar-refractivity contribution in [3.05, 3.63) is 52.0 Å². The van der Waals surface area contributed by atoms with E-state index in [1.54, 1.807) is 25.4 Å². The second kappa shape index (κ2) is 5.80. The Balaban J connectivity index is 2.61. The normalized spacial score (nSPS) is 18.4. The molecule has 1 aliphatic rings. The van der Waals surface area contributed by atoms with Crippen LogP contribution in [0.15, 0.2) is 46.4 Å². The summed E-state index contributed by atoms with van der Waals surface area (Å²) >= 11 is 4.28. The molecule has 0 bridgehead atoms. The summed E-state index contributed by atoms with van der Waals surface area (Å²) in [5.41, 5.74) is 2.31. The number of carbonyl (C=O) groups is 1. The topological polar surface area (TPSA) is 75.0 Å². The summed E-state index contributed by atoms with van der Waals surface area (Å²) in [6.45, 7) is 1.80. The Hall–Kier alpha value is -2.26. The van der Waals surface area contributed by atoms with Crippen molar-refractivity contribution in [3.8, 4) is 6.07 Å². The first-order chi connectivity index (χ1) is 9.60. The van der Waals surface area contributed by atoms with Crippen LogP contribution in [0.5, 0.6) is 0 Å². The van der Waals surface area contributed by atoms with Crippen LogP contribution in [0.25, 0.3) is 0 Å². The third-order valence-corrected chi connectivity index (χ3v) is 3.50. The van der Waals surface area contributed by atoms with E-state index in [2.05, 4.69) is 29.0 Å². The molecule has 0 saturated carbocycles. The molecule has 1 aromatic heterocycles. The summed E-state index contributed by atoms with van der Waals surface area (Å²) in [5, 5.41) is 12.3. The maximum atomic E-state index is 12.0. The van der Waals surface area contributed by atoms with Crippen LogP contribution in [0.3, 0.4) is 0 Å². The monoisotopic (exact) mass is 287 g/mol. The molecule has 0 spiro atoms. The van der Waals surface area contributed by atoms with E-state index in [4.69, 9.17) is 10.00 Å². The molecule has 1 aliphatic heterocycles. The Morgan fingerprint density at radius 3 is 2.90 bits per heavy atom. The molecule has 2 rings (SSSR count). The molecule has 2 heterocycles. The van der Waals surface area contributed by atoms with E-state index in [1.807, 2.05) is 6.07 Å². The average Bonchev–Trinajstić information content (AvgIpc) is 2.48. The van der Waals surface area contributed by atoms with Crippen molar-refractivity contribution in [2.75, 3.05) is 7.11 Å². The molecule has 1 atom stereocenters. The number of hydrogen-bond donors (Lipinski definition) is 2. The predicted molar refractivity (Wildman–Crippen MR) is 76.5 cm³/mol. The van der Waals surface area contributed by atoms with Crippen LogP contribution in [-0.2, 0) is 9.53 Å². The van der Waals surface area contributed by atoms with Crippen molar-refractivity contribution in [1.29, 1.82) is 5.26 Å². The van der Waals surface area contributed by atoms with Gasteiger partial charge in [0.2, 0.25) is 0 Å². The molecule has 0 aromatic carbocycles. The lowest BCUT2D eigenvalue weighted by atomic mass is 9.83. The highest BCUT2D eigenvalue weighted by molar-refractivity contribution is 7.84. The third kappa shape index (κ3) is 2.40. The second-order valence-electron chi connectivity index (χ2n) is 4.27. The molecule has 0 fully saturated rings.